The molecule has 0 radical (unpaired) electrons. The lowest BCUT2D eigenvalue weighted by atomic mass is 10.2. The van der Waals surface area contributed by atoms with Gasteiger partial charge in [0.2, 0.25) is 0 Å². The topological polar surface area (TPSA) is 50.1 Å². The smallest absolute Gasteiger partial charge is 0.122 e. The number of rotatable bonds is 12. The van der Waals surface area contributed by atoms with E-state index >= 15 is 0 Å². The van der Waals surface area contributed by atoms with Gasteiger partial charge in [-0.2, -0.15) is 0 Å². The lowest BCUT2D eigenvalue weighted by molar-refractivity contribution is 0.0252. The Hall–Kier alpha value is -2.64. The van der Waals surface area contributed by atoms with Gasteiger partial charge in [0.05, 0.1) is 13.2 Å². The molecule has 1 saturated heterocycles. The lowest BCUT2D eigenvalue weighted by Gasteiger charge is -2.31. The maximum Gasteiger partial charge on any atom is 0.122 e. The van der Waals surface area contributed by atoms with Crippen molar-refractivity contribution in [2.45, 2.75) is 26.1 Å². The van der Waals surface area contributed by atoms with E-state index in [0.29, 0.717) is 6.54 Å². The molecule has 6 nitrogen and oxygen atoms in total. The van der Waals surface area contributed by atoms with Crippen LogP contribution in [0.5, 0.6) is 5.75 Å². The van der Waals surface area contributed by atoms with E-state index < -0.39 is 6.10 Å². The Morgan fingerprint density at radius 1 is 1.00 bits per heavy atom. The van der Waals surface area contributed by atoms with E-state index in [1.807, 2.05) is 37.3 Å². The first-order valence-electron chi connectivity index (χ1n) is 12.2. The van der Waals surface area contributed by atoms with Crippen LogP contribution >= 0.6 is 0 Å². The second kappa shape index (κ2) is 12.7. The fraction of sp³-hybridized carbons (Fsp3) is 0.429. The Balaban J connectivity index is 1.38. The van der Waals surface area contributed by atoms with Gasteiger partial charge in [-0.25, -0.2) is 0 Å². The normalized spacial score (nSPS) is 15.5. The van der Waals surface area contributed by atoms with E-state index in [4.69, 9.17) is 9.47 Å². The molecule has 4 rings (SSSR count). The summed E-state index contributed by atoms with van der Waals surface area (Å²) in [7, 11) is 0. The number of hydrogen-bond acceptors (Lipinski definition) is 5. The summed E-state index contributed by atoms with van der Waals surface area (Å²) >= 11 is 0. The number of hydrogen-bond donors (Lipinski definition) is 1. The average molecular weight is 464 g/mol. The highest BCUT2D eigenvalue weighted by atomic mass is 16.5. The molecule has 182 valence electrons. The van der Waals surface area contributed by atoms with Gasteiger partial charge in [-0.15, -0.1) is 0 Å². The molecule has 1 unspecified atom stereocenters. The van der Waals surface area contributed by atoms with Crippen LogP contribution in [-0.2, 0) is 17.8 Å². The molecule has 34 heavy (non-hydrogen) atoms. The number of ether oxygens (including phenoxy) is 2. The molecule has 1 aliphatic rings. The van der Waals surface area contributed by atoms with Gasteiger partial charge in [0.25, 0.3) is 0 Å². The maximum atomic E-state index is 10.8. The number of morpholine rings is 1. The number of aliphatic hydroxyl groups excluding tert-OH is 1. The summed E-state index contributed by atoms with van der Waals surface area (Å²) in [5, 5.41) is 10.8. The summed E-state index contributed by atoms with van der Waals surface area (Å²) in [5.41, 5.74) is 3.61. The molecule has 1 atom stereocenters. The van der Waals surface area contributed by atoms with Crippen molar-refractivity contribution in [1.82, 2.24) is 14.4 Å². The largest absolute Gasteiger partial charge is 0.491 e. The summed E-state index contributed by atoms with van der Waals surface area (Å²) in [4.78, 5) is 4.79. The van der Waals surface area contributed by atoms with Gasteiger partial charge < -0.3 is 19.1 Å². The zero-order chi connectivity index (χ0) is 23.6. The molecule has 2 aromatic carbocycles. The summed E-state index contributed by atoms with van der Waals surface area (Å²) in [5.74, 6) is 0.832. The predicted octanol–water partition coefficient (Wildman–Crippen LogP) is 3.42. The highest BCUT2D eigenvalue weighted by Crippen LogP contribution is 2.17. The highest BCUT2D eigenvalue weighted by molar-refractivity contribution is 5.31. The molecule has 2 heterocycles. The highest BCUT2D eigenvalue weighted by Gasteiger charge is 2.18. The molecular formula is C28H37N3O3. The van der Waals surface area contributed by atoms with Crippen LogP contribution in [-0.4, -0.2) is 78.1 Å². The number of para-hydroxylation sites is 1. The van der Waals surface area contributed by atoms with Crippen molar-refractivity contribution < 1.29 is 14.6 Å². The van der Waals surface area contributed by atoms with Crippen molar-refractivity contribution in [2.24, 2.45) is 0 Å². The van der Waals surface area contributed by atoms with E-state index in [1.165, 1.54) is 11.3 Å². The second-order valence-electron chi connectivity index (χ2n) is 9.03. The summed E-state index contributed by atoms with van der Waals surface area (Å²) in [6.07, 6.45) is 1.57. The Kier molecular flexibility index (Phi) is 9.16. The number of benzene rings is 2. The molecule has 1 aromatic heterocycles. The Morgan fingerprint density at radius 3 is 2.56 bits per heavy atom. The molecule has 1 aliphatic heterocycles. The van der Waals surface area contributed by atoms with Crippen molar-refractivity contribution >= 4 is 0 Å². The van der Waals surface area contributed by atoms with Gasteiger partial charge in [-0.05, 0) is 36.2 Å². The third kappa shape index (κ3) is 7.43. The van der Waals surface area contributed by atoms with Gasteiger partial charge in [-0.1, -0.05) is 48.5 Å². The van der Waals surface area contributed by atoms with E-state index in [2.05, 4.69) is 57.0 Å². The number of aromatic nitrogens is 1. The van der Waals surface area contributed by atoms with Crippen LogP contribution in [0.2, 0.25) is 0 Å². The number of aryl methyl sites for hydroxylation is 1. The first-order valence-corrected chi connectivity index (χ1v) is 12.2. The molecule has 1 N–H and O–H groups in total. The number of nitrogens with zero attached hydrogens (tertiary/aromatic N) is 3. The third-order valence-electron chi connectivity index (χ3n) is 6.33. The van der Waals surface area contributed by atoms with Gasteiger partial charge in [0, 0.05) is 57.7 Å². The minimum Gasteiger partial charge on any atom is -0.491 e. The Labute approximate surface area is 203 Å². The van der Waals surface area contributed by atoms with Gasteiger partial charge in [0.1, 0.15) is 18.5 Å². The fourth-order valence-electron chi connectivity index (χ4n) is 4.35. The van der Waals surface area contributed by atoms with Crippen LogP contribution in [0.3, 0.4) is 0 Å². The van der Waals surface area contributed by atoms with Crippen LogP contribution in [0.4, 0.5) is 0 Å². The SMILES string of the molecule is Cc1ccccc1OCC(O)CN(CCN1CCOCC1)Cc1cccn1Cc1ccccc1. The Bertz CT molecular complexity index is 985. The minimum atomic E-state index is -0.568. The van der Waals surface area contributed by atoms with Crippen molar-refractivity contribution in [3.05, 3.63) is 89.7 Å². The van der Waals surface area contributed by atoms with Crippen LogP contribution in [0.15, 0.2) is 72.9 Å². The van der Waals surface area contributed by atoms with Crippen molar-refractivity contribution in [3.63, 3.8) is 0 Å². The van der Waals surface area contributed by atoms with Crippen LogP contribution < -0.4 is 4.74 Å². The van der Waals surface area contributed by atoms with E-state index in [1.54, 1.807) is 0 Å². The van der Waals surface area contributed by atoms with Gasteiger partial charge in [0.15, 0.2) is 0 Å². The summed E-state index contributed by atoms with van der Waals surface area (Å²) in [6.45, 7) is 9.89. The molecule has 0 aliphatic carbocycles. The molecule has 0 spiro atoms. The molecule has 0 bridgehead atoms. The van der Waals surface area contributed by atoms with Crippen LogP contribution in [0.1, 0.15) is 16.8 Å². The van der Waals surface area contributed by atoms with Gasteiger partial charge >= 0.3 is 0 Å². The quantitative estimate of drug-likeness (QED) is 0.446. The van der Waals surface area contributed by atoms with E-state index in [0.717, 1.165) is 63.8 Å². The predicted molar refractivity (Wildman–Crippen MR) is 135 cm³/mol. The molecule has 6 heteroatoms. The second-order valence-corrected chi connectivity index (χ2v) is 9.03. The number of aliphatic hydroxyl groups is 1. The molecule has 0 saturated carbocycles. The monoisotopic (exact) mass is 463 g/mol. The maximum absolute atomic E-state index is 10.8. The standard InChI is InChI=1S/C28H37N3O3/c1-24-8-5-6-12-28(24)34-23-27(32)22-30(15-14-29-16-18-33-19-17-29)21-26-11-7-13-31(26)20-25-9-3-2-4-10-25/h2-13,27,32H,14-23H2,1H3. The van der Waals surface area contributed by atoms with Crippen molar-refractivity contribution in [2.75, 3.05) is 52.5 Å². The zero-order valence-corrected chi connectivity index (χ0v) is 20.2. The van der Waals surface area contributed by atoms with Crippen molar-refractivity contribution in [3.8, 4) is 5.75 Å². The van der Waals surface area contributed by atoms with Crippen molar-refractivity contribution in [1.29, 1.82) is 0 Å². The Morgan fingerprint density at radius 2 is 1.76 bits per heavy atom. The zero-order valence-electron chi connectivity index (χ0n) is 20.2. The van der Waals surface area contributed by atoms with E-state index in [-0.39, 0.29) is 6.61 Å². The fourth-order valence-corrected chi connectivity index (χ4v) is 4.35. The first-order chi connectivity index (χ1) is 16.7. The summed E-state index contributed by atoms with van der Waals surface area (Å²) in [6, 6.07) is 22.8. The third-order valence-corrected chi connectivity index (χ3v) is 6.33. The average Bonchev–Trinajstić information content (AvgIpc) is 3.29. The minimum absolute atomic E-state index is 0.282. The molecular weight excluding hydrogens is 426 g/mol. The van der Waals surface area contributed by atoms with Crippen LogP contribution in [0, 0.1) is 6.92 Å². The molecule has 3 aromatic rings. The molecule has 1 fully saturated rings. The molecule has 0 amide bonds. The van der Waals surface area contributed by atoms with Crippen LogP contribution in [0.25, 0.3) is 0 Å². The summed E-state index contributed by atoms with van der Waals surface area (Å²) < 4.78 is 13.7. The first kappa shape index (κ1) is 24.5. The van der Waals surface area contributed by atoms with Gasteiger partial charge in [-0.3, -0.25) is 9.80 Å². The van der Waals surface area contributed by atoms with E-state index in [9.17, 15) is 5.11 Å². The lowest BCUT2D eigenvalue weighted by Crippen LogP contribution is -2.43.